The first-order valence-electron chi connectivity index (χ1n) is 13.8. The van der Waals surface area contributed by atoms with Gasteiger partial charge >= 0.3 is 0 Å². The molecule has 1 unspecified atom stereocenters. The molecule has 1 atom stereocenters. The number of rotatable bonds is 3. The van der Waals surface area contributed by atoms with Gasteiger partial charge in [-0.3, -0.25) is 0 Å². The maximum atomic E-state index is 6.52. The number of piperidine rings is 2. The molecule has 7 rings (SSSR count). The van der Waals surface area contributed by atoms with E-state index in [0.29, 0.717) is 29.2 Å². The van der Waals surface area contributed by atoms with Crippen LogP contribution in [0.4, 0.5) is 23.3 Å². The summed E-state index contributed by atoms with van der Waals surface area (Å²) in [4.78, 5) is 19.0. The lowest BCUT2D eigenvalue weighted by atomic mass is 9.93. The van der Waals surface area contributed by atoms with Crippen molar-refractivity contribution >= 4 is 40.9 Å². The Kier molecular flexibility index (Phi) is 7.34. The van der Waals surface area contributed by atoms with Crippen molar-refractivity contribution in [3.8, 4) is 0 Å². The molecule has 2 saturated heterocycles. The van der Waals surface area contributed by atoms with Gasteiger partial charge in [-0.15, -0.1) is 0 Å². The average molecular weight is 535 g/mol. The van der Waals surface area contributed by atoms with Crippen molar-refractivity contribution in [1.82, 2.24) is 15.0 Å². The van der Waals surface area contributed by atoms with E-state index in [-0.39, 0.29) is 5.60 Å². The second kappa shape index (κ2) is 11.0. The molecule has 1 aliphatic carbocycles. The molecule has 0 amide bonds. The fourth-order valence-electron chi connectivity index (χ4n) is 5.26. The van der Waals surface area contributed by atoms with Gasteiger partial charge < -0.3 is 30.3 Å². The molecule has 4 aliphatic heterocycles. The Hall–Kier alpha value is -2.98. The summed E-state index contributed by atoms with van der Waals surface area (Å²) < 4.78 is 9.87. The molecule has 0 aromatic carbocycles. The van der Waals surface area contributed by atoms with Crippen LogP contribution < -0.4 is 25.6 Å². The number of fused-ring (bicyclic) bond motifs is 5. The highest BCUT2D eigenvalue weighted by Crippen LogP contribution is 2.36. The molecule has 38 heavy (non-hydrogen) atoms. The minimum Gasteiger partial charge on any atom is -0.396 e. The van der Waals surface area contributed by atoms with E-state index in [0.717, 1.165) is 68.7 Å². The number of hydrogen-bond acceptors (Lipinski definition) is 10. The highest BCUT2D eigenvalue weighted by Gasteiger charge is 2.32. The van der Waals surface area contributed by atoms with E-state index in [9.17, 15) is 0 Å². The number of nitrogens with two attached hydrogens (primary N) is 1. The zero-order valence-electron chi connectivity index (χ0n) is 22.1. The van der Waals surface area contributed by atoms with E-state index in [1.54, 1.807) is 18.1 Å². The Balaban J connectivity index is 1.30. The topological polar surface area (TPSA) is 104 Å². The van der Waals surface area contributed by atoms with Crippen molar-refractivity contribution in [3.63, 3.8) is 0 Å². The third-order valence-corrected chi connectivity index (χ3v) is 8.98. The predicted molar refractivity (Wildman–Crippen MR) is 156 cm³/mol. The summed E-state index contributed by atoms with van der Waals surface area (Å²) in [6.07, 6.45) is 14.9. The lowest BCUT2D eigenvalue weighted by molar-refractivity contribution is -0.0337. The molecule has 0 radical (unpaired) electrons. The van der Waals surface area contributed by atoms with Gasteiger partial charge in [0.1, 0.15) is 5.82 Å². The summed E-state index contributed by atoms with van der Waals surface area (Å²) in [5.74, 6) is 3.01. The first kappa shape index (κ1) is 25.3. The number of anilines is 4. The second-order valence-corrected chi connectivity index (χ2v) is 12.1. The van der Waals surface area contributed by atoms with Crippen molar-refractivity contribution in [2.24, 2.45) is 11.7 Å². The maximum absolute atomic E-state index is 6.52. The Morgan fingerprint density at radius 1 is 1.11 bits per heavy atom. The van der Waals surface area contributed by atoms with Gasteiger partial charge in [0.2, 0.25) is 5.95 Å². The monoisotopic (exact) mass is 534 g/mol. The lowest BCUT2D eigenvalue weighted by Crippen LogP contribution is -2.44. The Morgan fingerprint density at radius 2 is 1.97 bits per heavy atom. The molecule has 5 aliphatic rings. The number of nitrogens with zero attached hydrogens (tertiary/aromatic N) is 5. The van der Waals surface area contributed by atoms with Crippen LogP contribution in [-0.4, -0.2) is 58.6 Å². The van der Waals surface area contributed by atoms with Crippen LogP contribution >= 0.6 is 11.9 Å². The number of aromatic nitrogens is 3. The number of pyridine rings is 1. The normalized spacial score (nSPS) is 28.1. The van der Waals surface area contributed by atoms with Gasteiger partial charge in [0.25, 0.3) is 0 Å². The highest BCUT2D eigenvalue weighted by molar-refractivity contribution is 8.01. The van der Waals surface area contributed by atoms with Crippen molar-refractivity contribution < 1.29 is 4.74 Å². The summed E-state index contributed by atoms with van der Waals surface area (Å²) in [5, 5.41) is 4.14. The van der Waals surface area contributed by atoms with Crippen molar-refractivity contribution in [2.75, 3.05) is 52.6 Å². The van der Waals surface area contributed by atoms with Crippen LogP contribution in [0.25, 0.3) is 5.70 Å². The third-order valence-electron chi connectivity index (χ3n) is 7.85. The Bertz CT molecular complexity index is 1190. The van der Waals surface area contributed by atoms with Crippen molar-refractivity contribution in [2.45, 2.75) is 56.3 Å². The molecule has 202 valence electrons. The Labute approximate surface area is 229 Å². The van der Waals surface area contributed by atoms with Crippen LogP contribution in [0.2, 0.25) is 0 Å². The van der Waals surface area contributed by atoms with Gasteiger partial charge in [0.05, 0.1) is 29.3 Å². The van der Waals surface area contributed by atoms with Crippen molar-refractivity contribution in [3.05, 3.63) is 48.4 Å². The maximum Gasteiger partial charge on any atom is 0.225 e. The fraction of sp³-hybridized carbons (Fsp3) is 0.536. The number of ether oxygens (including phenoxy) is 1. The number of hydrogen-bond donors (Lipinski definition) is 3. The molecule has 10 heteroatoms. The van der Waals surface area contributed by atoms with E-state index < -0.39 is 0 Å². The fourth-order valence-corrected chi connectivity index (χ4v) is 6.03. The molecule has 0 spiro atoms. The molecule has 6 bridgehead atoms. The SMILES string of the molecule is CC12CCN(CC1)c1nc(NSC3CC3)ccc1N/C=C(\N)c1ccnc(n1)N1CCCC(/C=C\CO2)C1. The van der Waals surface area contributed by atoms with Gasteiger partial charge in [0.15, 0.2) is 5.82 Å². The molecule has 6 heterocycles. The van der Waals surface area contributed by atoms with Crippen LogP contribution in [0.5, 0.6) is 0 Å². The molecule has 2 aromatic heterocycles. The van der Waals surface area contributed by atoms with Crippen LogP contribution in [-0.2, 0) is 4.74 Å². The number of nitrogens with one attached hydrogen (secondary N) is 2. The van der Waals surface area contributed by atoms with Crippen molar-refractivity contribution in [1.29, 1.82) is 0 Å². The second-order valence-electron chi connectivity index (χ2n) is 11.0. The zero-order valence-corrected chi connectivity index (χ0v) is 22.9. The molecule has 4 N–H and O–H groups in total. The van der Waals surface area contributed by atoms with E-state index in [1.807, 2.05) is 18.3 Å². The highest BCUT2D eigenvalue weighted by atomic mass is 32.2. The summed E-state index contributed by atoms with van der Waals surface area (Å²) in [5.41, 5.74) is 8.59. The summed E-state index contributed by atoms with van der Waals surface area (Å²) in [6.45, 7) is 6.51. The van der Waals surface area contributed by atoms with E-state index >= 15 is 0 Å². The first-order chi connectivity index (χ1) is 18.5. The summed E-state index contributed by atoms with van der Waals surface area (Å²) in [6, 6.07) is 5.98. The van der Waals surface area contributed by atoms with Gasteiger partial charge in [-0.2, -0.15) is 0 Å². The Morgan fingerprint density at radius 3 is 2.82 bits per heavy atom. The minimum absolute atomic E-state index is 0.134. The smallest absolute Gasteiger partial charge is 0.225 e. The summed E-state index contributed by atoms with van der Waals surface area (Å²) in [7, 11) is 0. The van der Waals surface area contributed by atoms with Gasteiger partial charge in [0, 0.05) is 43.8 Å². The lowest BCUT2D eigenvalue weighted by Gasteiger charge is -2.40. The summed E-state index contributed by atoms with van der Waals surface area (Å²) >= 11 is 1.77. The van der Waals surface area contributed by atoms with Crippen LogP contribution in [0.3, 0.4) is 0 Å². The molecular weight excluding hydrogens is 496 g/mol. The van der Waals surface area contributed by atoms with Gasteiger partial charge in [-0.1, -0.05) is 12.2 Å². The predicted octanol–water partition coefficient (Wildman–Crippen LogP) is 4.63. The first-order valence-corrected chi connectivity index (χ1v) is 14.7. The molecular formula is C28H38N8OS. The van der Waals surface area contributed by atoms with Gasteiger partial charge in [-0.25, -0.2) is 15.0 Å². The molecule has 2 aromatic rings. The van der Waals surface area contributed by atoms with Gasteiger partial charge in [-0.05, 0) is 81.5 Å². The van der Waals surface area contributed by atoms with Crippen LogP contribution in [0, 0.1) is 5.92 Å². The molecule has 1 saturated carbocycles. The van der Waals surface area contributed by atoms with E-state index in [4.69, 9.17) is 20.4 Å². The van der Waals surface area contributed by atoms with E-state index in [1.165, 1.54) is 19.3 Å². The quantitative estimate of drug-likeness (QED) is 0.381. The minimum atomic E-state index is -0.134. The molecule has 9 nitrogen and oxygen atoms in total. The third kappa shape index (κ3) is 6.02. The standard InChI is InChI=1S/C28H38N8OS/c1-28-11-15-35(16-12-28)26-24(8-9-25(33-26)34-38-21-6-7-21)31-18-22(29)23-10-13-30-27(32-23)36-14-2-4-20(19-36)5-3-17-37-28/h3,5,8-10,13,18,20-21,31H,2,4,6-7,11-12,14-17,19,29H2,1H3,(H,33,34)/b5-3-,22-18-. The zero-order chi connectivity index (χ0) is 26.0. The van der Waals surface area contributed by atoms with E-state index in [2.05, 4.69) is 50.0 Å². The van der Waals surface area contributed by atoms with Crippen LogP contribution in [0.15, 0.2) is 42.7 Å². The largest absolute Gasteiger partial charge is 0.396 e. The van der Waals surface area contributed by atoms with Crippen LogP contribution in [0.1, 0.15) is 51.1 Å². The average Bonchev–Trinajstić information content (AvgIpc) is 3.78. The molecule has 3 fully saturated rings.